The Morgan fingerprint density at radius 2 is 1.55 bits per heavy atom. The van der Waals surface area contributed by atoms with Crippen LogP contribution in [0.25, 0.3) is 0 Å². The zero-order chi connectivity index (χ0) is 20.8. The number of carbonyl (C=O) groups excluding carboxylic acids is 2. The Morgan fingerprint density at radius 3 is 2.24 bits per heavy atom. The van der Waals surface area contributed by atoms with Gasteiger partial charge in [-0.15, -0.1) is 0 Å². The molecule has 0 N–H and O–H groups in total. The molecule has 5 heteroatoms. The average molecular weight is 395 g/mol. The lowest BCUT2D eigenvalue weighted by molar-refractivity contribution is -0.132. The van der Waals surface area contributed by atoms with Crippen molar-refractivity contribution in [3.63, 3.8) is 0 Å². The second kappa shape index (κ2) is 9.59. The van der Waals surface area contributed by atoms with Crippen molar-refractivity contribution in [2.75, 3.05) is 32.8 Å². The van der Waals surface area contributed by atoms with Gasteiger partial charge in [-0.05, 0) is 62.1 Å². The average Bonchev–Trinajstić information content (AvgIpc) is 2.74. The number of rotatable bonds is 6. The number of aryl methyl sites for hydroxylation is 3. The van der Waals surface area contributed by atoms with Crippen molar-refractivity contribution in [3.8, 4) is 5.75 Å². The summed E-state index contributed by atoms with van der Waals surface area (Å²) in [5, 5.41) is 0. The summed E-state index contributed by atoms with van der Waals surface area (Å²) in [4.78, 5) is 28.9. The highest BCUT2D eigenvalue weighted by molar-refractivity contribution is 5.94. The standard InChI is InChI=1S/C24H30N2O3/c1-18-10-11-21(17-20(18)3)24(28)26-14-12-25(13-15-26)23(27)9-6-16-29-22-8-5-4-7-19(22)2/h4-5,7-8,10-11,17H,6,9,12-16H2,1-3H3. The van der Waals surface area contributed by atoms with Gasteiger partial charge in [0.15, 0.2) is 0 Å². The molecule has 0 bridgehead atoms. The van der Waals surface area contributed by atoms with Crippen LogP contribution in [0.15, 0.2) is 42.5 Å². The van der Waals surface area contributed by atoms with Gasteiger partial charge in [0, 0.05) is 38.2 Å². The van der Waals surface area contributed by atoms with Crippen LogP contribution in [0.1, 0.15) is 39.9 Å². The van der Waals surface area contributed by atoms with E-state index in [1.54, 1.807) is 0 Å². The van der Waals surface area contributed by atoms with Gasteiger partial charge in [-0.2, -0.15) is 0 Å². The molecule has 2 aromatic rings. The molecule has 0 aliphatic carbocycles. The molecule has 1 aliphatic heterocycles. The van der Waals surface area contributed by atoms with Crippen LogP contribution in [0.2, 0.25) is 0 Å². The van der Waals surface area contributed by atoms with Gasteiger partial charge >= 0.3 is 0 Å². The first-order valence-corrected chi connectivity index (χ1v) is 10.3. The fourth-order valence-corrected chi connectivity index (χ4v) is 3.50. The van der Waals surface area contributed by atoms with Gasteiger partial charge in [0.1, 0.15) is 5.75 Å². The fourth-order valence-electron chi connectivity index (χ4n) is 3.50. The van der Waals surface area contributed by atoms with Crippen LogP contribution < -0.4 is 4.74 Å². The Labute approximate surface area is 173 Å². The third-order valence-corrected chi connectivity index (χ3v) is 5.56. The zero-order valence-corrected chi connectivity index (χ0v) is 17.6. The van der Waals surface area contributed by atoms with Crippen LogP contribution in [0.5, 0.6) is 5.75 Å². The number of nitrogens with zero attached hydrogens (tertiary/aromatic N) is 2. The highest BCUT2D eigenvalue weighted by atomic mass is 16.5. The molecule has 0 radical (unpaired) electrons. The SMILES string of the molecule is Cc1ccc(C(=O)N2CCN(C(=O)CCCOc3ccccc3C)CC2)cc1C. The normalized spacial score (nSPS) is 14.0. The Morgan fingerprint density at radius 1 is 0.862 bits per heavy atom. The van der Waals surface area contributed by atoms with E-state index in [1.165, 1.54) is 5.56 Å². The van der Waals surface area contributed by atoms with Crippen LogP contribution >= 0.6 is 0 Å². The summed E-state index contributed by atoms with van der Waals surface area (Å²) in [7, 11) is 0. The molecule has 1 heterocycles. The Bertz CT molecular complexity index is 870. The molecule has 29 heavy (non-hydrogen) atoms. The summed E-state index contributed by atoms with van der Waals surface area (Å²) in [5.74, 6) is 1.06. The molecular formula is C24H30N2O3. The van der Waals surface area contributed by atoms with Crippen LogP contribution in [0.3, 0.4) is 0 Å². The summed E-state index contributed by atoms with van der Waals surface area (Å²) in [5.41, 5.74) is 4.13. The number of hydrogen-bond donors (Lipinski definition) is 0. The van der Waals surface area contributed by atoms with Crippen LogP contribution in [0.4, 0.5) is 0 Å². The van der Waals surface area contributed by atoms with E-state index in [9.17, 15) is 9.59 Å². The van der Waals surface area contributed by atoms with Crippen molar-refractivity contribution in [1.82, 2.24) is 9.80 Å². The third-order valence-electron chi connectivity index (χ3n) is 5.56. The molecule has 5 nitrogen and oxygen atoms in total. The highest BCUT2D eigenvalue weighted by Gasteiger charge is 2.24. The number of carbonyl (C=O) groups is 2. The molecule has 2 amide bonds. The summed E-state index contributed by atoms with van der Waals surface area (Å²) in [6.45, 7) is 8.95. The van der Waals surface area contributed by atoms with Crippen LogP contribution in [0, 0.1) is 20.8 Å². The van der Waals surface area contributed by atoms with Gasteiger partial charge in [-0.1, -0.05) is 24.3 Å². The Balaban J connectivity index is 1.41. The number of amides is 2. The summed E-state index contributed by atoms with van der Waals surface area (Å²) < 4.78 is 5.77. The lowest BCUT2D eigenvalue weighted by Crippen LogP contribution is -2.50. The lowest BCUT2D eigenvalue weighted by atomic mass is 10.1. The van der Waals surface area contributed by atoms with Gasteiger partial charge in [-0.25, -0.2) is 0 Å². The molecule has 0 aromatic heterocycles. The van der Waals surface area contributed by atoms with Crippen LogP contribution in [-0.2, 0) is 4.79 Å². The summed E-state index contributed by atoms with van der Waals surface area (Å²) >= 11 is 0. The second-order valence-electron chi connectivity index (χ2n) is 7.69. The van der Waals surface area contributed by atoms with Crippen molar-refractivity contribution < 1.29 is 14.3 Å². The molecular weight excluding hydrogens is 364 g/mol. The summed E-state index contributed by atoms with van der Waals surface area (Å²) in [6.07, 6.45) is 1.16. The van der Waals surface area contributed by atoms with Crippen molar-refractivity contribution in [1.29, 1.82) is 0 Å². The number of para-hydroxylation sites is 1. The molecule has 0 spiro atoms. The van der Waals surface area contributed by atoms with E-state index < -0.39 is 0 Å². The lowest BCUT2D eigenvalue weighted by Gasteiger charge is -2.35. The molecule has 0 saturated carbocycles. The third kappa shape index (κ3) is 5.37. The van der Waals surface area contributed by atoms with Crippen molar-refractivity contribution in [2.24, 2.45) is 0 Å². The molecule has 2 aromatic carbocycles. The van der Waals surface area contributed by atoms with E-state index >= 15 is 0 Å². The molecule has 3 rings (SSSR count). The van der Waals surface area contributed by atoms with Crippen LogP contribution in [-0.4, -0.2) is 54.4 Å². The largest absolute Gasteiger partial charge is 0.493 e. The van der Waals surface area contributed by atoms with E-state index in [2.05, 4.69) is 0 Å². The van der Waals surface area contributed by atoms with E-state index in [0.29, 0.717) is 45.6 Å². The predicted molar refractivity (Wildman–Crippen MR) is 114 cm³/mol. The van der Waals surface area contributed by atoms with E-state index in [1.807, 2.05) is 73.0 Å². The first-order valence-electron chi connectivity index (χ1n) is 10.3. The number of benzene rings is 2. The van der Waals surface area contributed by atoms with Gasteiger partial charge < -0.3 is 14.5 Å². The maximum Gasteiger partial charge on any atom is 0.253 e. The maximum absolute atomic E-state index is 12.7. The first kappa shape index (κ1) is 20.9. The van der Waals surface area contributed by atoms with Crippen molar-refractivity contribution in [3.05, 3.63) is 64.7 Å². The number of piperazine rings is 1. The second-order valence-corrected chi connectivity index (χ2v) is 7.69. The Kier molecular flexibility index (Phi) is 6.91. The predicted octanol–water partition coefficient (Wildman–Crippen LogP) is 3.76. The molecule has 1 saturated heterocycles. The minimum atomic E-state index is 0.0480. The van der Waals surface area contributed by atoms with Crippen molar-refractivity contribution >= 4 is 11.8 Å². The van der Waals surface area contributed by atoms with Crippen molar-refractivity contribution in [2.45, 2.75) is 33.6 Å². The monoisotopic (exact) mass is 394 g/mol. The van der Waals surface area contributed by atoms with E-state index in [4.69, 9.17) is 4.74 Å². The molecule has 154 valence electrons. The first-order chi connectivity index (χ1) is 14.0. The smallest absolute Gasteiger partial charge is 0.253 e. The van der Waals surface area contributed by atoms with Gasteiger partial charge in [0.05, 0.1) is 6.61 Å². The van der Waals surface area contributed by atoms with Gasteiger partial charge in [0.2, 0.25) is 5.91 Å². The number of ether oxygens (including phenoxy) is 1. The Hall–Kier alpha value is -2.82. The maximum atomic E-state index is 12.7. The fraction of sp³-hybridized carbons (Fsp3) is 0.417. The van der Waals surface area contributed by atoms with E-state index in [-0.39, 0.29) is 11.8 Å². The highest BCUT2D eigenvalue weighted by Crippen LogP contribution is 2.17. The zero-order valence-electron chi connectivity index (χ0n) is 17.6. The van der Waals surface area contributed by atoms with Gasteiger partial charge in [-0.3, -0.25) is 9.59 Å². The number of hydrogen-bond acceptors (Lipinski definition) is 3. The topological polar surface area (TPSA) is 49.9 Å². The van der Waals surface area contributed by atoms with E-state index in [0.717, 1.165) is 22.4 Å². The quantitative estimate of drug-likeness (QED) is 0.701. The minimum absolute atomic E-state index is 0.0480. The summed E-state index contributed by atoms with van der Waals surface area (Å²) in [6, 6.07) is 13.7. The molecule has 1 aliphatic rings. The van der Waals surface area contributed by atoms with Gasteiger partial charge in [0.25, 0.3) is 5.91 Å². The molecule has 1 fully saturated rings. The molecule has 0 unspecified atom stereocenters. The minimum Gasteiger partial charge on any atom is -0.493 e. The molecule has 0 atom stereocenters.